The molecule has 3 aromatic carbocycles. The Morgan fingerprint density at radius 3 is 2.48 bits per heavy atom. The van der Waals surface area contributed by atoms with Crippen molar-refractivity contribution in [3.63, 3.8) is 0 Å². The third kappa shape index (κ3) is 5.85. The number of benzene rings is 3. The summed E-state index contributed by atoms with van der Waals surface area (Å²) in [6.07, 6.45) is 0.587. The number of nitriles is 1. The Morgan fingerprint density at radius 2 is 1.76 bits per heavy atom. The van der Waals surface area contributed by atoms with Gasteiger partial charge >= 0.3 is 0 Å². The largest absolute Gasteiger partial charge is 0.333 e. The Labute approximate surface area is 182 Å². The van der Waals surface area contributed by atoms with Gasteiger partial charge in [-0.3, -0.25) is 0 Å². The molecule has 0 atom stereocenters. The molecule has 3 rings (SSSR count). The molecular weight excluding hydrogens is 423 g/mol. The van der Waals surface area contributed by atoms with Crippen molar-refractivity contribution in [1.29, 1.82) is 5.26 Å². The van der Waals surface area contributed by atoms with Gasteiger partial charge in [0, 0.05) is 15.3 Å². The van der Waals surface area contributed by atoms with Gasteiger partial charge < -0.3 is 13.4 Å². The summed E-state index contributed by atoms with van der Waals surface area (Å²) in [7, 11) is -1.09. The van der Waals surface area contributed by atoms with Crippen LogP contribution < -0.4 is 4.31 Å². The molecule has 4 nitrogen and oxygen atoms in total. The summed E-state index contributed by atoms with van der Waals surface area (Å²) in [5.41, 5.74) is 1.60. The van der Waals surface area contributed by atoms with E-state index in [4.69, 9.17) is 20.6 Å². The first kappa shape index (κ1) is 21.9. The smallest absolute Gasteiger partial charge is 0.192 e. The zero-order valence-electron chi connectivity index (χ0n) is 16.3. The van der Waals surface area contributed by atoms with Crippen molar-refractivity contribution in [1.82, 2.24) is 0 Å². The Morgan fingerprint density at radius 1 is 1.03 bits per heavy atom. The van der Waals surface area contributed by atoms with Crippen LogP contribution in [0.3, 0.4) is 0 Å². The highest BCUT2D eigenvalue weighted by Gasteiger charge is 2.20. The van der Waals surface area contributed by atoms with Crippen molar-refractivity contribution >= 4 is 48.4 Å². The minimum Gasteiger partial charge on any atom is -0.333 e. The summed E-state index contributed by atoms with van der Waals surface area (Å²) in [6.45, 7) is 5.13. The molecule has 0 aliphatic heterocycles. The minimum atomic E-state index is -1.09. The fraction of sp³-hybridized carbons (Fsp3) is 0.227. The molecule has 29 heavy (non-hydrogen) atoms. The summed E-state index contributed by atoms with van der Waals surface area (Å²) in [6, 6.07) is 22.1. The Balaban J connectivity index is 2.01. The molecule has 0 spiro atoms. The average molecular weight is 445 g/mol. The zero-order valence-corrected chi connectivity index (χ0v) is 18.8. The van der Waals surface area contributed by atoms with Crippen molar-refractivity contribution in [2.24, 2.45) is 0 Å². The lowest BCUT2D eigenvalue weighted by molar-refractivity contribution is 0.270. The highest BCUT2D eigenvalue weighted by Crippen LogP contribution is 2.45. The number of hydrogen-bond acceptors (Lipinski definition) is 5. The standard InChI is InChI=1S/C22H22ClN2O2PS/c1-3-26-28(27-4-2)16-25(29-20-13-17(15-24)12-19(23)14-20)22-11-7-9-18-8-5-6-10-21(18)22/h5-14H,3-4,16H2,1-2H3. The lowest BCUT2D eigenvalue weighted by Crippen LogP contribution is -2.17. The molecule has 7 heteroatoms. The molecule has 0 saturated heterocycles. The van der Waals surface area contributed by atoms with Crippen LogP contribution in [0.1, 0.15) is 19.4 Å². The molecule has 0 fully saturated rings. The minimum absolute atomic E-state index is 0.537. The highest BCUT2D eigenvalue weighted by molar-refractivity contribution is 8.01. The van der Waals surface area contributed by atoms with Crippen LogP contribution in [0.2, 0.25) is 5.02 Å². The zero-order chi connectivity index (χ0) is 20.6. The predicted molar refractivity (Wildman–Crippen MR) is 123 cm³/mol. The fourth-order valence-electron chi connectivity index (χ4n) is 2.90. The van der Waals surface area contributed by atoms with Gasteiger partial charge in [0.25, 0.3) is 0 Å². The van der Waals surface area contributed by atoms with E-state index in [-0.39, 0.29) is 0 Å². The molecule has 0 unspecified atom stereocenters. The van der Waals surface area contributed by atoms with E-state index in [1.54, 1.807) is 6.07 Å². The van der Waals surface area contributed by atoms with Crippen molar-refractivity contribution in [3.8, 4) is 6.07 Å². The van der Waals surface area contributed by atoms with E-state index in [2.05, 4.69) is 34.6 Å². The molecule has 0 aliphatic carbocycles. The van der Waals surface area contributed by atoms with Crippen molar-refractivity contribution in [2.75, 3.05) is 23.8 Å². The molecule has 0 saturated carbocycles. The maximum Gasteiger partial charge on any atom is 0.192 e. The summed E-state index contributed by atoms with van der Waals surface area (Å²) >= 11 is 7.76. The van der Waals surface area contributed by atoms with Crippen LogP contribution in [0.25, 0.3) is 10.8 Å². The van der Waals surface area contributed by atoms with Crippen molar-refractivity contribution < 1.29 is 9.05 Å². The summed E-state index contributed by atoms with van der Waals surface area (Å²) in [4.78, 5) is 0.893. The number of rotatable bonds is 9. The summed E-state index contributed by atoms with van der Waals surface area (Å²) in [5, 5.41) is 12.1. The maximum atomic E-state index is 9.30. The molecule has 0 aliphatic rings. The Hall–Kier alpha value is -1.80. The van der Waals surface area contributed by atoms with E-state index >= 15 is 0 Å². The van der Waals surface area contributed by atoms with E-state index in [9.17, 15) is 5.26 Å². The number of fused-ring (bicyclic) bond motifs is 1. The van der Waals surface area contributed by atoms with Gasteiger partial charge in [-0.2, -0.15) is 5.26 Å². The van der Waals surface area contributed by atoms with Crippen LogP contribution in [0, 0.1) is 11.3 Å². The molecule has 150 valence electrons. The quantitative estimate of drug-likeness (QED) is 0.257. The molecule has 0 N–H and O–H groups in total. The first-order valence-electron chi connectivity index (χ1n) is 9.32. The van der Waals surface area contributed by atoms with Crippen molar-refractivity contribution in [3.05, 3.63) is 71.2 Å². The first-order chi connectivity index (χ1) is 14.1. The van der Waals surface area contributed by atoms with E-state index in [1.807, 2.05) is 44.2 Å². The molecule has 0 aromatic heterocycles. The summed E-state index contributed by atoms with van der Waals surface area (Å²) in [5.74, 6) is 0. The summed E-state index contributed by atoms with van der Waals surface area (Å²) < 4.78 is 13.9. The van der Waals surface area contributed by atoms with Crippen LogP contribution >= 0.6 is 31.9 Å². The van der Waals surface area contributed by atoms with Crippen LogP contribution in [0.4, 0.5) is 5.69 Å². The number of halogens is 1. The van der Waals surface area contributed by atoms with E-state index in [0.29, 0.717) is 30.1 Å². The first-order valence-corrected chi connectivity index (χ1v) is 11.8. The Kier molecular flexibility index (Phi) is 8.18. The van der Waals surface area contributed by atoms with E-state index in [0.717, 1.165) is 21.4 Å². The topological polar surface area (TPSA) is 45.5 Å². The predicted octanol–water partition coefficient (Wildman–Crippen LogP) is 7.22. The molecule has 0 bridgehead atoms. The molecule has 3 aromatic rings. The number of anilines is 1. The second-order valence-electron chi connectivity index (χ2n) is 6.07. The van der Waals surface area contributed by atoms with Gasteiger partial charge in [-0.15, -0.1) is 0 Å². The molecule has 0 amide bonds. The van der Waals surface area contributed by atoms with E-state index < -0.39 is 8.38 Å². The lowest BCUT2D eigenvalue weighted by atomic mass is 10.1. The van der Waals surface area contributed by atoms with Gasteiger partial charge in [0.1, 0.15) is 0 Å². The number of nitrogens with zero attached hydrogens (tertiary/aromatic N) is 2. The highest BCUT2D eigenvalue weighted by atomic mass is 35.5. The SMILES string of the molecule is CCOP(CN(Sc1cc(Cl)cc(C#N)c1)c1cccc2ccccc12)OCC. The average Bonchev–Trinajstić information content (AvgIpc) is 2.72. The lowest BCUT2D eigenvalue weighted by Gasteiger charge is -2.28. The van der Waals surface area contributed by atoms with Crippen LogP contribution in [0.5, 0.6) is 0 Å². The second-order valence-corrected chi connectivity index (χ2v) is 9.06. The normalized spacial score (nSPS) is 11.0. The van der Waals surface area contributed by atoms with Crippen molar-refractivity contribution in [2.45, 2.75) is 18.7 Å². The van der Waals surface area contributed by atoms with Gasteiger partial charge in [0.05, 0.1) is 36.8 Å². The van der Waals surface area contributed by atoms with E-state index in [1.165, 1.54) is 11.9 Å². The van der Waals surface area contributed by atoms with Gasteiger partial charge in [-0.05, 0) is 55.4 Å². The van der Waals surface area contributed by atoms with Crippen LogP contribution in [-0.4, -0.2) is 19.5 Å². The van der Waals surface area contributed by atoms with Crippen LogP contribution in [0.15, 0.2) is 65.6 Å². The third-order valence-electron chi connectivity index (χ3n) is 4.04. The van der Waals surface area contributed by atoms with Gasteiger partial charge in [-0.25, -0.2) is 0 Å². The third-order valence-corrected chi connectivity index (χ3v) is 7.05. The second kappa shape index (κ2) is 10.8. The molecule has 0 heterocycles. The van der Waals surface area contributed by atoms with Gasteiger partial charge in [0.15, 0.2) is 8.38 Å². The molecule has 0 radical (unpaired) electrons. The maximum absolute atomic E-state index is 9.30. The van der Waals surface area contributed by atoms with Gasteiger partial charge in [0.2, 0.25) is 0 Å². The monoisotopic (exact) mass is 444 g/mol. The Bertz CT molecular complexity index is 1000. The number of hydrogen-bond donors (Lipinski definition) is 0. The fourth-order valence-corrected chi connectivity index (χ4v) is 5.76. The van der Waals surface area contributed by atoms with Crippen LogP contribution in [-0.2, 0) is 9.05 Å². The molecular formula is C22H22ClN2O2PS. The van der Waals surface area contributed by atoms with Gasteiger partial charge in [-0.1, -0.05) is 48.0 Å².